The molecule has 0 radical (unpaired) electrons. The molecule has 0 aliphatic heterocycles. The first-order valence-corrected chi connectivity index (χ1v) is 7.77. The van der Waals surface area contributed by atoms with E-state index in [2.05, 4.69) is 10.3 Å². The van der Waals surface area contributed by atoms with Gasteiger partial charge in [-0.25, -0.2) is 4.79 Å². The SMILES string of the molecule is O=C(Cn1c(=O)[nH]c2ccccc2c1=O)NC(CO)c1ccccc1. The first-order valence-electron chi connectivity index (χ1n) is 7.77. The van der Waals surface area contributed by atoms with Crippen LogP contribution in [-0.2, 0) is 11.3 Å². The van der Waals surface area contributed by atoms with Crippen molar-refractivity contribution in [2.45, 2.75) is 12.6 Å². The van der Waals surface area contributed by atoms with E-state index in [1.165, 1.54) is 0 Å². The standard InChI is InChI=1S/C18H17N3O4/c22-11-15(12-6-2-1-3-7-12)19-16(23)10-21-17(24)13-8-4-5-9-14(13)20-18(21)25/h1-9,15,22H,10-11H2,(H,19,23)(H,20,25). The third-order valence-electron chi connectivity index (χ3n) is 3.91. The summed E-state index contributed by atoms with van der Waals surface area (Å²) >= 11 is 0. The molecule has 25 heavy (non-hydrogen) atoms. The number of aromatic nitrogens is 2. The predicted octanol–water partition coefficient (Wildman–Crippen LogP) is 0.540. The molecule has 3 N–H and O–H groups in total. The summed E-state index contributed by atoms with van der Waals surface area (Å²) in [7, 11) is 0. The summed E-state index contributed by atoms with van der Waals surface area (Å²) in [5.41, 5.74) is -0.0290. The number of aliphatic hydroxyl groups excluding tert-OH is 1. The number of nitrogens with zero attached hydrogens (tertiary/aromatic N) is 1. The molecule has 3 rings (SSSR count). The molecule has 1 heterocycles. The molecular weight excluding hydrogens is 322 g/mol. The number of aromatic amines is 1. The topological polar surface area (TPSA) is 104 Å². The Bertz CT molecular complexity index is 1010. The zero-order chi connectivity index (χ0) is 17.8. The molecule has 0 aliphatic carbocycles. The Labute approximate surface area is 142 Å². The number of hydrogen-bond donors (Lipinski definition) is 3. The molecule has 128 valence electrons. The molecule has 0 aliphatic rings. The van der Waals surface area contributed by atoms with Gasteiger partial charge in [-0.2, -0.15) is 0 Å². The molecule has 0 saturated carbocycles. The number of benzene rings is 2. The van der Waals surface area contributed by atoms with Crippen molar-refractivity contribution in [2.24, 2.45) is 0 Å². The minimum atomic E-state index is -0.654. The number of fused-ring (bicyclic) bond motifs is 1. The smallest absolute Gasteiger partial charge is 0.329 e. The van der Waals surface area contributed by atoms with Crippen LogP contribution in [0.3, 0.4) is 0 Å². The minimum absolute atomic E-state index is 0.293. The van der Waals surface area contributed by atoms with Crippen molar-refractivity contribution in [1.82, 2.24) is 14.9 Å². The molecule has 1 amide bonds. The Balaban J connectivity index is 1.85. The van der Waals surface area contributed by atoms with Crippen molar-refractivity contribution < 1.29 is 9.90 Å². The summed E-state index contributed by atoms with van der Waals surface area (Å²) in [5, 5.41) is 12.5. The van der Waals surface area contributed by atoms with Crippen LogP contribution in [0.15, 0.2) is 64.2 Å². The second-order valence-electron chi connectivity index (χ2n) is 5.58. The molecule has 1 atom stereocenters. The largest absolute Gasteiger partial charge is 0.394 e. The van der Waals surface area contributed by atoms with Gasteiger partial charge >= 0.3 is 5.69 Å². The zero-order valence-electron chi connectivity index (χ0n) is 13.3. The molecule has 0 fully saturated rings. The van der Waals surface area contributed by atoms with Crippen LogP contribution < -0.4 is 16.6 Å². The number of amides is 1. The van der Waals surface area contributed by atoms with Crippen molar-refractivity contribution in [3.8, 4) is 0 Å². The fourth-order valence-electron chi connectivity index (χ4n) is 2.65. The van der Waals surface area contributed by atoms with E-state index < -0.39 is 29.7 Å². The molecule has 2 aromatic carbocycles. The maximum absolute atomic E-state index is 12.4. The van der Waals surface area contributed by atoms with Crippen molar-refractivity contribution in [2.75, 3.05) is 6.61 Å². The lowest BCUT2D eigenvalue weighted by atomic mass is 10.1. The Morgan fingerprint density at radius 2 is 1.76 bits per heavy atom. The maximum Gasteiger partial charge on any atom is 0.329 e. The van der Waals surface area contributed by atoms with Gasteiger partial charge in [-0.15, -0.1) is 0 Å². The summed E-state index contributed by atoms with van der Waals surface area (Å²) in [6.07, 6.45) is 0. The fourth-order valence-corrected chi connectivity index (χ4v) is 2.65. The van der Waals surface area contributed by atoms with E-state index in [0.717, 1.165) is 10.1 Å². The molecule has 0 saturated heterocycles. The molecule has 7 heteroatoms. The van der Waals surface area contributed by atoms with Gasteiger partial charge in [-0.05, 0) is 17.7 Å². The van der Waals surface area contributed by atoms with Crippen LogP contribution in [0.25, 0.3) is 10.9 Å². The van der Waals surface area contributed by atoms with Gasteiger partial charge in [0.05, 0.1) is 23.6 Å². The molecule has 3 aromatic rings. The number of rotatable bonds is 5. The van der Waals surface area contributed by atoms with Gasteiger partial charge in [0.2, 0.25) is 5.91 Å². The van der Waals surface area contributed by atoms with Crippen LogP contribution in [0.5, 0.6) is 0 Å². The lowest BCUT2D eigenvalue weighted by molar-refractivity contribution is -0.122. The normalized spacial score (nSPS) is 12.0. The van der Waals surface area contributed by atoms with Gasteiger partial charge < -0.3 is 15.4 Å². The summed E-state index contributed by atoms with van der Waals surface area (Å²) < 4.78 is 0.844. The molecule has 0 spiro atoms. The highest BCUT2D eigenvalue weighted by atomic mass is 16.3. The lowest BCUT2D eigenvalue weighted by Crippen LogP contribution is -2.42. The van der Waals surface area contributed by atoms with Gasteiger partial charge in [-0.3, -0.25) is 14.2 Å². The zero-order valence-corrected chi connectivity index (χ0v) is 13.3. The number of para-hydroxylation sites is 1. The van der Waals surface area contributed by atoms with E-state index in [0.29, 0.717) is 10.9 Å². The van der Waals surface area contributed by atoms with Crippen molar-refractivity contribution in [3.63, 3.8) is 0 Å². The van der Waals surface area contributed by atoms with Crippen LogP contribution in [0.1, 0.15) is 11.6 Å². The Morgan fingerprint density at radius 1 is 1.08 bits per heavy atom. The lowest BCUT2D eigenvalue weighted by Gasteiger charge is -2.17. The van der Waals surface area contributed by atoms with E-state index in [-0.39, 0.29) is 6.61 Å². The fraction of sp³-hybridized carbons (Fsp3) is 0.167. The quantitative estimate of drug-likeness (QED) is 0.631. The van der Waals surface area contributed by atoms with Gasteiger partial charge in [0.1, 0.15) is 6.54 Å². The second-order valence-corrected chi connectivity index (χ2v) is 5.58. The van der Waals surface area contributed by atoms with Crippen LogP contribution in [0.4, 0.5) is 0 Å². The summed E-state index contributed by atoms with van der Waals surface area (Å²) in [6.45, 7) is -0.721. The van der Waals surface area contributed by atoms with E-state index in [9.17, 15) is 19.5 Å². The molecular formula is C18H17N3O4. The van der Waals surface area contributed by atoms with Crippen LogP contribution in [0, 0.1) is 0 Å². The van der Waals surface area contributed by atoms with Crippen LogP contribution >= 0.6 is 0 Å². The first kappa shape index (κ1) is 16.7. The van der Waals surface area contributed by atoms with Crippen LogP contribution in [-0.4, -0.2) is 27.2 Å². The Hall–Kier alpha value is -3.19. The van der Waals surface area contributed by atoms with Gasteiger partial charge in [0.25, 0.3) is 5.56 Å². The number of carbonyl (C=O) groups is 1. The Morgan fingerprint density at radius 3 is 2.48 bits per heavy atom. The van der Waals surface area contributed by atoms with E-state index >= 15 is 0 Å². The predicted molar refractivity (Wildman–Crippen MR) is 93.2 cm³/mol. The monoisotopic (exact) mass is 339 g/mol. The average molecular weight is 339 g/mol. The number of H-pyrrole nitrogens is 1. The minimum Gasteiger partial charge on any atom is -0.394 e. The van der Waals surface area contributed by atoms with Gasteiger partial charge in [0.15, 0.2) is 0 Å². The first-order chi connectivity index (χ1) is 12.1. The number of aliphatic hydroxyl groups is 1. The van der Waals surface area contributed by atoms with E-state index in [4.69, 9.17) is 0 Å². The number of hydrogen-bond acceptors (Lipinski definition) is 4. The summed E-state index contributed by atoms with van der Waals surface area (Å²) in [6, 6.07) is 15.0. The van der Waals surface area contributed by atoms with E-state index in [1.54, 1.807) is 48.5 Å². The highest BCUT2D eigenvalue weighted by Gasteiger charge is 2.16. The highest BCUT2D eigenvalue weighted by molar-refractivity contribution is 5.79. The third kappa shape index (κ3) is 3.51. The van der Waals surface area contributed by atoms with E-state index in [1.807, 2.05) is 6.07 Å². The summed E-state index contributed by atoms with van der Waals surface area (Å²) in [5.74, 6) is -0.536. The van der Waals surface area contributed by atoms with Gasteiger partial charge in [-0.1, -0.05) is 42.5 Å². The van der Waals surface area contributed by atoms with Crippen LogP contribution in [0.2, 0.25) is 0 Å². The average Bonchev–Trinajstić information content (AvgIpc) is 2.64. The molecule has 1 unspecified atom stereocenters. The number of carbonyl (C=O) groups excluding carboxylic acids is 1. The maximum atomic E-state index is 12.4. The van der Waals surface area contributed by atoms with Crippen molar-refractivity contribution in [3.05, 3.63) is 81.0 Å². The molecule has 7 nitrogen and oxygen atoms in total. The highest BCUT2D eigenvalue weighted by Crippen LogP contribution is 2.11. The van der Waals surface area contributed by atoms with Gasteiger partial charge in [0, 0.05) is 0 Å². The van der Waals surface area contributed by atoms with Crippen molar-refractivity contribution >= 4 is 16.8 Å². The molecule has 1 aromatic heterocycles. The van der Waals surface area contributed by atoms with Crippen molar-refractivity contribution in [1.29, 1.82) is 0 Å². The second kappa shape index (κ2) is 7.14. The number of nitrogens with one attached hydrogen (secondary N) is 2. The molecule has 0 bridgehead atoms. The summed E-state index contributed by atoms with van der Waals surface area (Å²) in [4.78, 5) is 39.4. The third-order valence-corrected chi connectivity index (χ3v) is 3.91. The Kier molecular flexibility index (Phi) is 4.76.